The summed E-state index contributed by atoms with van der Waals surface area (Å²) in [6, 6.07) is 9.50. The lowest BCUT2D eigenvalue weighted by molar-refractivity contribution is 0.311. The van der Waals surface area contributed by atoms with Crippen LogP contribution in [0.15, 0.2) is 24.3 Å². The van der Waals surface area contributed by atoms with Crippen molar-refractivity contribution in [2.24, 2.45) is 5.41 Å². The van der Waals surface area contributed by atoms with Crippen molar-refractivity contribution in [2.45, 2.75) is 25.8 Å². The Kier molecular flexibility index (Phi) is 1.37. The van der Waals surface area contributed by atoms with E-state index in [1.807, 2.05) is 0 Å². The van der Waals surface area contributed by atoms with Gasteiger partial charge in [-0.05, 0) is 35.9 Å². The van der Waals surface area contributed by atoms with Gasteiger partial charge in [0.15, 0.2) is 0 Å². The molecule has 0 spiro atoms. The molecule has 0 radical (unpaired) electrons. The smallest absolute Gasteiger partial charge is 0.0380 e. The van der Waals surface area contributed by atoms with Gasteiger partial charge < -0.3 is 5.32 Å². The molecule has 1 fully saturated rings. The minimum absolute atomic E-state index is 0.504. The lowest BCUT2D eigenvalue weighted by Gasteiger charge is -2.22. The average Bonchev–Trinajstić information content (AvgIpc) is 2.58. The number of rotatable bonds is 0. The van der Waals surface area contributed by atoms with Gasteiger partial charge in [0.1, 0.15) is 0 Å². The van der Waals surface area contributed by atoms with E-state index in [1.54, 1.807) is 11.1 Å². The molecule has 0 bridgehead atoms. The Hall–Kier alpha value is -0.820. The van der Waals surface area contributed by atoms with Crippen molar-refractivity contribution >= 4 is 0 Å². The fourth-order valence-corrected chi connectivity index (χ4v) is 2.98. The summed E-state index contributed by atoms with van der Waals surface area (Å²) in [6.07, 6.45) is 2.59. The third kappa shape index (κ3) is 0.910. The Morgan fingerprint density at radius 2 is 2.23 bits per heavy atom. The zero-order chi connectivity index (χ0) is 8.89. The Bertz CT molecular complexity index is 345. The van der Waals surface area contributed by atoms with Crippen LogP contribution in [0.2, 0.25) is 0 Å². The molecule has 0 aromatic heterocycles. The first-order chi connectivity index (χ1) is 6.30. The number of nitrogens with one attached hydrogen (secondary N) is 1. The summed E-state index contributed by atoms with van der Waals surface area (Å²) < 4.78 is 0. The molecule has 68 valence electrons. The summed E-state index contributed by atoms with van der Waals surface area (Å²) in [5.74, 6) is 0. The van der Waals surface area contributed by atoms with Crippen LogP contribution in [0, 0.1) is 5.41 Å². The standard InChI is InChI=1S/C12H15N/c1-12-6-7-13-11(12)10-5-3-2-4-9(10)8-12/h2-5,11,13H,6-8H2,1H3. The molecule has 2 atom stereocenters. The molecule has 0 amide bonds. The Labute approximate surface area is 79.2 Å². The van der Waals surface area contributed by atoms with Crippen LogP contribution in [-0.4, -0.2) is 6.54 Å². The highest BCUT2D eigenvalue weighted by atomic mass is 15.0. The predicted octanol–water partition coefficient (Wildman–Crippen LogP) is 2.28. The third-order valence-corrected chi connectivity index (χ3v) is 3.70. The van der Waals surface area contributed by atoms with Crippen molar-refractivity contribution in [1.82, 2.24) is 5.32 Å². The van der Waals surface area contributed by atoms with Gasteiger partial charge in [-0.25, -0.2) is 0 Å². The molecule has 1 heterocycles. The third-order valence-electron chi connectivity index (χ3n) is 3.70. The molecule has 1 saturated heterocycles. The molecular weight excluding hydrogens is 158 g/mol. The molecule has 1 heteroatoms. The lowest BCUT2D eigenvalue weighted by Crippen LogP contribution is -2.21. The van der Waals surface area contributed by atoms with Crippen LogP contribution in [0.5, 0.6) is 0 Å². The van der Waals surface area contributed by atoms with Crippen LogP contribution in [-0.2, 0) is 6.42 Å². The molecule has 1 aromatic carbocycles. The Balaban J connectivity index is 2.13. The zero-order valence-corrected chi connectivity index (χ0v) is 8.01. The number of benzene rings is 1. The summed E-state index contributed by atoms with van der Waals surface area (Å²) >= 11 is 0. The molecule has 1 N–H and O–H groups in total. The second-order valence-electron chi connectivity index (χ2n) is 4.67. The molecule has 13 heavy (non-hydrogen) atoms. The van der Waals surface area contributed by atoms with Gasteiger partial charge in [0.2, 0.25) is 0 Å². The monoisotopic (exact) mass is 173 g/mol. The zero-order valence-electron chi connectivity index (χ0n) is 8.01. The fourth-order valence-electron chi connectivity index (χ4n) is 2.98. The van der Waals surface area contributed by atoms with Crippen molar-refractivity contribution in [2.75, 3.05) is 6.54 Å². The summed E-state index contributed by atoms with van der Waals surface area (Å²) in [4.78, 5) is 0. The van der Waals surface area contributed by atoms with Gasteiger partial charge in [-0.2, -0.15) is 0 Å². The minimum Gasteiger partial charge on any atom is -0.309 e. The van der Waals surface area contributed by atoms with Gasteiger partial charge in [0, 0.05) is 6.04 Å². The quantitative estimate of drug-likeness (QED) is 0.634. The molecule has 1 aromatic rings. The van der Waals surface area contributed by atoms with E-state index in [0.29, 0.717) is 11.5 Å². The van der Waals surface area contributed by atoms with Crippen LogP contribution in [0.25, 0.3) is 0 Å². The van der Waals surface area contributed by atoms with E-state index in [2.05, 4.69) is 36.5 Å². The normalized spacial score (nSPS) is 35.9. The maximum atomic E-state index is 3.62. The molecule has 3 rings (SSSR count). The highest BCUT2D eigenvalue weighted by Gasteiger charge is 2.45. The van der Waals surface area contributed by atoms with Gasteiger partial charge in [-0.15, -0.1) is 0 Å². The van der Waals surface area contributed by atoms with Crippen LogP contribution in [0.1, 0.15) is 30.5 Å². The van der Waals surface area contributed by atoms with E-state index in [1.165, 1.54) is 19.4 Å². The van der Waals surface area contributed by atoms with Gasteiger partial charge in [-0.1, -0.05) is 31.2 Å². The molecule has 2 aliphatic rings. The van der Waals surface area contributed by atoms with Crippen LogP contribution < -0.4 is 5.32 Å². The van der Waals surface area contributed by atoms with E-state index in [-0.39, 0.29) is 0 Å². The molecule has 1 nitrogen and oxygen atoms in total. The molecule has 2 unspecified atom stereocenters. The minimum atomic E-state index is 0.504. The largest absolute Gasteiger partial charge is 0.309 e. The lowest BCUT2D eigenvalue weighted by atomic mass is 9.83. The van der Waals surface area contributed by atoms with E-state index in [4.69, 9.17) is 0 Å². The average molecular weight is 173 g/mol. The van der Waals surface area contributed by atoms with Crippen LogP contribution in [0.3, 0.4) is 0 Å². The van der Waals surface area contributed by atoms with E-state index >= 15 is 0 Å². The van der Waals surface area contributed by atoms with E-state index in [0.717, 1.165) is 0 Å². The second-order valence-corrected chi connectivity index (χ2v) is 4.67. The molecule has 1 aliphatic heterocycles. The van der Waals surface area contributed by atoms with E-state index in [9.17, 15) is 0 Å². The highest BCUT2D eigenvalue weighted by molar-refractivity contribution is 5.38. The van der Waals surface area contributed by atoms with Crippen molar-refractivity contribution < 1.29 is 0 Å². The number of hydrogen-bond donors (Lipinski definition) is 1. The fraction of sp³-hybridized carbons (Fsp3) is 0.500. The topological polar surface area (TPSA) is 12.0 Å². The summed E-state index contributed by atoms with van der Waals surface area (Å²) in [5, 5.41) is 3.62. The molecule has 1 aliphatic carbocycles. The van der Waals surface area contributed by atoms with Crippen molar-refractivity contribution in [3.05, 3.63) is 35.4 Å². The van der Waals surface area contributed by atoms with Crippen molar-refractivity contribution in [3.8, 4) is 0 Å². The first kappa shape index (κ1) is 7.57. The Morgan fingerprint density at radius 1 is 1.38 bits per heavy atom. The van der Waals surface area contributed by atoms with Crippen LogP contribution >= 0.6 is 0 Å². The second kappa shape index (κ2) is 2.36. The van der Waals surface area contributed by atoms with Crippen molar-refractivity contribution in [1.29, 1.82) is 0 Å². The molecule has 0 saturated carbocycles. The predicted molar refractivity (Wildman–Crippen MR) is 53.6 cm³/mol. The summed E-state index contributed by atoms with van der Waals surface area (Å²) in [7, 11) is 0. The first-order valence-corrected chi connectivity index (χ1v) is 5.11. The van der Waals surface area contributed by atoms with Gasteiger partial charge in [0.05, 0.1) is 0 Å². The number of fused-ring (bicyclic) bond motifs is 3. The SMILES string of the molecule is CC12CCNC1c1ccccc1C2. The first-order valence-electron chi connectivity index (χ1n) is 5.11. The number of hydrogen-bond acceptors (Lipinski definition) is 1. The highest BCUT2D eigenvalue weighted by Crippen LogP contribution is 2.50. The van der Waals surface area contributed by atoms with Gasteiger partial charge in [0.25, 0.3) is 0 Å². The van der Waals surface area contributed by atoms with Gasteiger partial charge in [-0.3, -0.25) is 0 Å². The summed E-state index contributed by atoms with van der Waals surface area (Å²) in [5.41, 5.74) is 3.61. The Morgan fingerprint density at radius 3 is 3.15 bits per heavy atom. The van der Waals surface area contributed by atoms with E-state index < -0.39 is 0 Å². The maximum Gasteiger partial charge on any atom is 0.0380 e. The summed E-state index contributed by atoms with van der Waals surface area (Å²) in [6.45, 7) is 3.60. The van der Waals surface area contributed by atoms with Gasteiger partial charge >= 0.3 is 0 Å². The maximum absolute atomic E-state index is 3.62. The molecular formula is C12H15N. The van der Waals surface area contributed by atoms with Crippen LogP contribution in [0.4, 0.5) is 0 Å². The van der Waals surface area contributed by atoms with Crippen molar-refractivity contribution in [3.63, 3.8) is 0 Å².